The Bertz CT molecular complexity index is 2690. The van der Waals surface area contributed by atoms with E-state index in [0.29, 0.717) is 0 Å². The summed E-state index contributed by atoms with van der Waals surface area (Å²) < 4.78 is 697. The van der Waals surface area contributed by atoms with Crippen molar-refractivity contribution >= 4 is 5.71 Å². The summed E-state index contributed by atoms with van der Waals surface area (Å²) in [6, 6.07) is 0.299. The standard InChI is InChI=1S/C40H22F51N/c41-17(42,20(47,48)23(53,54)26(59,60)29(65,66)32(71,72)35(77,78)38(83,84)85)10-1-4-14-6-8-15(9-7-14)16(5-2-11-18(43,44)21(49,50)24(55,56)27(61,62)30(67,68)33(73,74)36(79,80)39(86,87)88)92-13-3-12-19(45,46)22(51,52)25(57,58)28(63,64)31(69,70)34(75,76)37(81,82)40(89,90)91/h6-9H,1-5,10-13H2. The minimum atomic E-state index is -9.22. The molecule has 1 aromatic carbocycles. The van der Waals surface area contributed by atoms with Crippen LogP contribution in [-0.2, 0) is 6.42 Å². The molecule has 0 atom stereocenters. The molecule has 0 radical (unpaired) electrons. The molecule has 0 heterocycles. The first-order valence-corrected chi connectivity index (χ1v) is 22.3. The predicted octanol–water partition coefficient (Wildman–Crippen LogP) is 20.8. The molecule has 0 aliphatic carbocycles. The summed E-state index contributed by atoms with van der Waals surface area (Å²) in [5.41, 5.74) is -3.94. The SMILES string of the molecule is FC(F)(F)C(F)(F)C(F)(F)C(F)(F)C(F)(F)C(F)(F)C(F)(F)C(F)(F)CCCN=C(CCCC(F)(F)C(F)(F)C(F)(F)C(F)(F)C(F)(F)C(F)(F)C(F)(F)C(F)(F)F)c1ccc(CCCC(F)(F)C(F)(F)C(F)(F)C(F)(F)C(F)(F)C(F)(F)C(F)(F)C(F)(F)F)cc1. The normalized spacial score (nSPS) is 16.7. The molecule has 0 N–H and O–H groups in total. The van der Waals surface area contributed by atoms with Gasteiger partial charge in [0, 0.05) is 31.5 Å². The largest absolute Gasteiger partial charge is 0.460 e. The molecule has 0 unspecified atom stereocenters. The first-order valence-electron chi connectivity index (χ1n) is 22.3. The Morgan fingerprint density at radius 2 is 0.424 bits per heavy atom. The van der Waals surface area contributed by atoms with Crippen molar-refractivity contribution in [3.63, 3.8) is 0 Å². The van der Waals surface area contributed by atoms with Gasteiger partial charge in [-0.3, -0.25) is 4.99 Å². The number of halogens is 51. The molecule has 544 valence electrons. The van der Waals surface area contributed by atoms with E-state index in [2.05, 4.69) is 4.99 Å². The summed E-state index contributed by atoms with van der Waals surface area (Å²) >= 11 is 0. The summed E-state index contributed by atoms with van der Waals surface area (Å²) in [5.74, 6) is -182. The second-order valence-corrected chi connectivity index (χ2v) is 18.8. The molecule has 0 amide bonds. The molecule has 0 bridgehead atoms. The highest BCUT2D eigenvalue weighted by Gasteiger charge is 2.98. The fourth-order valence-electron chi connectivity index (χ4n) is 6.75. The van der Waals surface area contributed by atoms with E-state index in [0.717, 1.165) is 0 Å². The highest BCUT2D eigenvalue weighted by Crippen LogP contribution is 2.68. The maximum atomic E-state index is 14.7. The van der Waals surface area contributed by atoms with Gasteiger partial charge in [-0.2, -0.15) is 224 Å². The highest BCUT2D eigenvalue weighted by atomic mass is 19.5. The zero-order valence-electron chi connectivity index (χ0n) is 41.9. The van der Waals surface area contributed by atoms with Crippen LogP contribution < -0.4 is 0 Å². The number of nitrogens with zero attached hydrogens (tertiary/aromatic N) is 1. The summed E-state index contributed by atoms with van der Waals surface area (Å²) in [5, 5.41) is 0. The molecule has 0 saturated carbocycles. The smallest absolute Gasteiger partial charge is 0.289 e. The first-order chi connectivity index (χ1) is 39.5. The molecule has 0 aliphatic rings. The van der Waals surface area contributed by atoms with E-state index in [-0.39, 0.29) is 24.3 Å². The zero-order valence-corrected chi connectivity index (χ0v) is 41.9. The average molecular weight is 1490 g/mol. The molecular formula is C40H22F51N. The maximum Gasteiger partial charge on any atom is 0.460 e. The van der Waals surface area contributed by atoms with E-state index in [4.69, 9.17) is 0 Å². The molecule has 1 aromatic rings. The van der Waals surface area contributed by atoms with Crippen LogP contribution in [0.15, 0.2) is 29.3 Å². The Hall–Kier alpha value is -4.68. The Balaban J connectivity index is 3.93. The van der Waals surface area contributed by atoms with Gasteiger partial charge in [0.05, 0.1) is 0 Å². The highest BCUT2D eigenvalue weighted by molar-refractivity contribution is 6.00. The molecule has 52 heteroatoms. The monoisotopic (exact) mass is 1490 g/mol. The van der Waals surface area contributed by atoms with Crippen LogP contribution in [0.25, 0.3) is 0 Å². The van der Waals surface area contributed by atoms with Crippen LogP contribution >= 0.6 is 0 Å². The van der Waals surface area contributed by atoms with Crippen molar-refractivity contribution in [1.82, 2.24) is 0 Å². The Morgan fingerprint density at radius 3 is 0.652 bits per heavy atom. The second kappa shape index (κ2) is 23.8. The van der Waals surface area contributed by atoms with Crippen molar-refractivity contribution < 1.29 is 224 Å². The van der Waals surface area contributed by atoms with Gasteiger partial charge in [-0.25, -0.2) is 0 Å². The van der Waals surface area contributed by atoms with Crippen LogP contribution in [0.2, 0.25) is 0 Å². The number of alkyl halides is 51. The number of aliphatic imine (C=N–C) groups is 1. The molecule has 1 nitrogen and oxygen atoms in total. The molecule has 0 fully saturated rings. The van der Waals surface area contributed by atoms with Crippen molar-refractivity contribution in [2.75, 3.05) is 6.54 Å². The van der Waals surface area contributed by atoms with Gasteiger partial charge in [-0.1, -0.05) is 24.3 Å². The van der Waals surface area contributed by atoms with E-state index in [1.165, 1.54) is 0 Å². The van der Waals surface area contributed by atoms with Crippen molar-refractivity contribution in [3.8, 4) is 0 Å². The minimum absolute atomic E-state index is 0.0404. The van der Waals surface area contributed by atoms with Gasteiger partial charge in [0.1, 0.15) is 0 Å². The number of hydrogen-bond donors (Lipinski definition) is 0. The average Bonchev–Trinajstić information content (AvgIpc) is 0.709. The predicted molar refractivity (Wildman–Crippen MR) is 196 cm³/mol. The number of aryl methyl sites for hydroxylation is 1. The lowest BCUT2D eigenvalue weighted by Crippen LogP contribution is -2.74. The number of rotatable bonds is 31. The van der Waals surface area contributed by atoms with Crippen LogP contribution in [0.4, 0.5) is 224 Å². The molecule has 0 aromatic heterocycles. The molecule has 0 spiro atoms. The number of hydrogen-bond acceptors (Lipinski definition) is 1. The molecule has 92 heavy (non-hydrogen) atoms. The lowest BCUT2D eigenvalue weighted by molar-refractivity contribution is -0.461. The van der Waals surface area contributed by atoms with E-state index < -0.39 is 218 Å². The van der Waals surface area contributed by atoms with Gasteiger partial charge < -0.3 is 0 Å². The summed E-state index contributed by atoms with van der Waals surface area (Å²) in [6.45, 7) is -2.18. The van der Waals surface area contributed by atoms with E-state index in [1.807, 2.05) is 0 Å². The second-order valence-electron chi connectivity index (χ2n) is 18.8. The molecular weight excluding hydrogens is 1460 g/mol. The van der Waals surface area contributed by atoms with Crippen molar-refractivity contribution in [3.05, 3.63) is 35.4 Å². The van der Waals surface area contributed by atoms with Gasteiger partial charge in [0.15, 0.2) is 0 Å². The van der Waals surface area contributed by atoms with Gasteiger partial charge in [-0.05, 0) is 43.2 Å². The van der Waals surface area contributed by atoms with Gasteiger partial charge in [0.2, 0.25) is 0 Å². The van der Waals surface area contributed by atoms with E-state index in [9.17, 15) is 224 Å². The minimum Gasteiger partial charge on any atom is -0.289 e. The first kappa shape index (κ1) is 85.3. The Kier molecular flexibility index (Phi) is 22.1. The van der Waals surface area contributed by atoms with Gasteiger partial charge >= 0.3 is 143 Å². The van der Waals surface area contributed by atoms with Crippen LogP contribution in [0.5, 0.6) is 0 Å². The topological polar surface area (TPSA) is 12.4 Å². The lowest BCUT2D eigenvalue weighted by atomic mass is 9.87. The molecule has 0 aliphatic heterocycles. The van der Waals surface area contributed by atoms with E-state index >= 15 is 0 Å². The third kappa shape index (κ3) is 12.5. The van der Waals surface area contributed by atoms with Gasteiger partial charge in [0.25, 0.3) is 0 Å². The lowest BCUT2D eigenvalue weighted by Gasteiger charge is -2.42. The van der Waals surface area contributed by atoms with Gasteiger partial charge in [-0.15, -0.1) is 0 Å². The van der Waals surface area contributed by atoms with Crippen LogP contribution in [0.3, 0.4) is 0 Å². The third-order valence-corrected chi connectivity index (χ3v) is 12.5. The fourth-order valence-corrected chi connectivity index (χ4v) is 6.75. The van der Waals surface area contributed by atoms with Crippen LogP contribution in [-0.4, -0.2) is 155 Å². The molecule has 0 saturated heterocycles. The quantitative estimate of drug-likeness (QED) is 0.0399. The summed E-state index contributed by atoms with van der Waals surface area (Å²) in [7, 11) is 0. The zero-order chi connectivity index (χ0) is 74.6. The Labute approximate surface area is 471 Å². The fraction of sp³-hybridized carbons (Fsp3) is 0.825. The van der Waals surface area contributed by atoms with Crippen molar-refractivity contribution in [1.29, 1.82) is 0 Å². The van der Waals surface area contributed by atoms with Crippen molar-refractivity contribution in [2.45, 2.75) is 194 Å². The van der Waals surface area contributed by atoms with Crippen molar-refractivity contribution in [2.24, 2.45) is 4.99 Å². The van der Waals surface area contributed by atoms with Crippen LogP contribution in [0, 0.1) is 0 Å². The summed E-state index contributed by atoms with van der Waals surface area (Å²) in [6.07, 6.45) is -45.4. The summed E-state index contributed by atoms with van der Waals surface area (Å²) in [4.78, 5) is 2.87. The third-order valence-electron chi connectivity index (χ3n) is 12.5. The number of benzene rings is 1. The maximum absolute atomic E-state index is 14.7. The van der Waals surface area contributed by atoms with E-state index in [1.54, 1.807) is 0 Å². The van der Waals surface area contributed by atoms with Crippen LogP contribution in [0.1, 0.15) is 56.1 Å². The molecule has 1 rings (SSSR count). The Morgan fingerprint density at radius 1 is 0.228 bits per heavy atom.